The van der Waals surface area contributed by atoms with E-state index in [1.807, 2.05) is 41.1 Å². The van der Waals surface area contributed by atoms with E-state index in [4.69, 9.17) is 18.2 Å². The summed E-state index contributed by atoms with van der Waals surface area (Å²) in [5.74, 6) is 0.781. The Bertz CT molecular complexity index is 4300. The number of para-hydroxylation sites is 3. The monoisotopic (exact) mass is 956 g/mol. The van der Waals surface area contributed by atoms with Crippen LogP contribution in [0, 0.1) is 0 Å². The summed E-state index contributed by atoms with van der Waals surface area (Å²) < 4.78 is 92.5. The molecule has 0 amide bonds. The SMILES string of the molecule is [2H]c1c([2H])c([2H])c(-c2cccc(-c3c([2H])c([2H])c([2H])c([2H])c3[2H])c2-[n+]2cn(-c3cc(N(c4ccccc4)c4ccc5c(c4)N(c4cc(C(C)(C)C)ccn4)c4ccccc4-c4ccccc4-5)cc(C(C)(C)C)c3)c3cccnc32)c([2H])c1[2H]. The van der Waals surface area contributed by atoms with Crippen LogP contribution in [0.2, 0.25) is 0 Å². The molecule has 0 aliphatic carbocycles. The molecular formula is C67H57N6+. The summed E-state index contributed by atoms with van der Waals surface area (Å²) >= 11 is 0. The van der Waals surface area contributed by atoms with E-state index in [2.05, 4.69) is 161 Å². The standard InChI is InChI=1S/C67H57N6/c1-66(2,3)48-37-39-68-63(42-48)73-60-33-19-18-30-58(60)56-28-16-17-29-57(56)59-36-35-51(44-62(59)73)72(50-26-14-9-15-27-50)53-41-49(67(4,5)6)40-52(43-53)70-45-71(65-61(70)34-21-38-69-65)64-54(46-22-10-7-11-23-46)31-20-32-55(64)47-24-12-8-13-25-47/h7-45H,1-6H3/q+1/i7D,8D,10D,11D,12D,13D,22D,23D,24D,25D. The van der Waals surface area contributed by atoms with Gasteiger partial charge in [0.05, 0.1) is 25.1 Å². The molecule has 73 heavy (non-hydrogen) atoms. The number of aromatic nitrogens is 4. The van der Waals surface area contributed by atoms with Gasteiger partial charge < -0.3 is 4.90 Å². The van der Waals surface area contributed by atoms with Crippen molar-refractivity contribution in [2.24, 2.45) is 0 Å². The first-order valence-electron chi connectivity index (χ1n) is 29.4. The minimum Gasteiger partial charge on any atom is -0.310 e. The highest BCUT2D eigenvalue weighted by Crippen LogP contribution is 2.52. The van der Waals surface area contributed by atoms with Gasteiger partial charge >= 0.3 is 5.65 Å². The van der Waals surface area contributed by atoms with Gasteiger partial charge in [0.2, 0.25) is 6.33 Å². The Kier molecular flexibility index (Phi) is 8.73. The Balaban J connectivity index is 1.13. The molecule has 0 atom stereocenters. The lowest BCUT2D eigenvalue weighted by Crippen LogP contribution is -2.31. The van der Waals surface area contributed by atoms with Gasteiger partial charge in [-0.3, -0.25) is 4.90 Å². The van der Waals surface area contributed by atoms with Crippen molar-refractivity contribution in [2.45, 2.75) is 52.4 Å². The van der Waals surface area contributed by atoms with Gasteiger partial charge in [-0.25, -0.2) is 9.55 Å². The predicted octanol–water partition coefficient (Wildman–Crippen LogP) is 17.2. The molecule has 6 heteroatoms. The third-order valence-electron chi connectivity index (χ3n) is 13.6. The first-order valence-corrected chi connectivity index (χ1v) is 24.4. The number of hydrogen-bond acceptors (Lipinski definition) is 4. The minimum absolute atomic E-state index is 0.135. The van der Waals surface area contributed by atoms with Gasteiger partial charge in [-0.2, -0.15) is 4.57 Å². The maximum absolute atomic E-state index is 9.22. The number of fused-ring (bicyclic) bond motifs is 6. The van der Waals surface area contributed by atoms with E-state index in [1.54, 1.807) is 35.3 Å². The molecule has 0 unspecified atom stereocenters. The Morgan fingerprint density at radius 1 is 0.466 bits per heavy atom. The summed E-state index contributed by atoms with van der Waals surface area (Å²) in [6.07, 6.45) is 5.32. The zero-order chi connectivity index (χ0) is 58.6. The van der Waals surface area contributed by atoms with Crippen molar-refractivity contribution in [3.63, 3.8) is 0 Å². The Labute approximate surface area is 442 Å². The average molecular weight is 956 g/mol. The maximum atomic E-state index is 9.22. The quantitative estimate of drug-likeness (QED) is 0.142. The molecule has 0 saturated heterocycles. The third-order valence-corrected chi connectivity index (χ3v) is 13.6. The Morgan fingerprint density at radius 3 is 1.75 bits per heavy atom. The second-order valence-corrected chi connectivity index (χ2v) is 20.3. The third kappa shape index (κ3) is 8.25. The molecule has 0 fully saturated rings. The molecular weight excluding hydrogens is 889 g/mol. The Morgan fingerprint density at radius 2 is 1.08 bits per heavy atom. The molecule has 8 aromatic carbocycles. The summed E-state index contributed by atoms with van der Waals surface area (Å²) in [5, 5.41) is 0. The van der Waals surface area contributed by atoms with E-state index in [0.717, 1.165) is 73.3 Å². The van der Waals surface area contributed by atoms with Crippen molar-refractivity contribution < 1.29 is 18.3 Å². The Hall–Kier alpha value is -8.87. The maximum Gasteiger partial charge on any atom is 0.307 e. The molecule has 0 radical (unpaired) electrons. The average Bonchev–Trinajstić information content (AvgIpc) is 2.93. The highest BCUT2D eigenvalue weighted by atomic mass is 15.2. The molecule has 0 saturated carbocycles. The van der Waals surface area contributed by atoms with Crippen LogP contribution >= 0.6 is 0 Å². The van der Waals surface area contributed by atoms with Gasteiger partial charge in [-0.15, -0.1) is 4.98 Å². The first-order chi connectivity index (χ1) is 39.6. The van der Waals surface area contributed by atoms with Crippen LogP contribution in [0.25, 0.3) is 67.0 Å². The van der Waals surface area contributed by atoms with Crippen LogP contribution in [-0.4, -0.2) is 14.5 Å². The normalized spacial score (nSPS) is 14.1. The van der Waals surface area contributed by atoms with Crippen LogP contribution in [0.1, 0.15) is 66.4 Å². The lowest BCUT2D eigenvalue weighted by Gasteiger charge is -2.31. The van der Waals surface area contributed by atoms with Crippen LogP contribution in [0.4, 0.5) is 34.3 Å². The number of anilines is 6. The van der Waals surface area contributed by atoms with Gasteiger partial charge in [0, 0.05) is 51.6 Å². The number of nitrogens with zero attached hydrogens (tertiary/aromatic N) is 6. The summed E-state index contributed by atoms with van der Waals surface area (Å²) in [6, 6.07) is 47.9. The largest absolute Gasteiger partial charge is 0.310 e. The molecule has 3 aromatic heterocycles. The van der Waals surface area contributed by atoms with Gasteiger partial charge in [0.25, 0.3) is 0 Å². The number of imidazole rings is 1. The van der Waals surface area contributed by atoms with Gasteiger partial charge in [-0.1, -0.05) is 187 Å². The molecule has 11 aromatic rings. The number of benzene rings is 8. The van der Waals surface area contributed by atoms with E-state index in [-0.39, 0.29) is 33.4 Å². The van der Waals surface area contributed by atoms with E-state index in [0.29, 0.717) is 11.2 Å². The van der Waals surface area contributed by atoms with Crippen molar-refractivity contribution in [1.82, 2.24) is 14.5 Å². The number of hydrogen-bond donors (Lipinski definition) is 0. The van der Waals surface area contributed by atoms with Crippen molar-refractivity contribution in [3.05, 3.63) is 248 Å². The highest BCUT2D eigenvalue weighted by Gasteiger charge is 2.31. The molecule has 0 spiro atoms. The van der Waals surface area contributed by atoms with Crippen molar-refractivity contribution in [3.8, 4) is 55.9 Å². The topological polar surface area (TPSA) is 41.1 Å². The molecule has 4 heterocycles. The molecule has 6 nitrogen and oxygen atoms in total. The number of rotatable bonds is 8. The second kappa shape index (κ2) is 18.1. The molecule has 354 valence electrons. The van der Waals surface area contributed by atoms with Crippen molar-refractivity contribution in [1.29, 1.82) is 0 Å². The lowest BCUT2D eigenvalue weighted by atomic mass is 9.86. The summed E-state index contributed by atoms with van der Waals surface area (Å²) in [7, 11) is 0. The summed E-state index contributed by atoms with van der Waals surface area (Å²) in [6.45, 7) is 13.1. The van der Waals surface area contributed by atoms with Crippen LogP contribution in [0.15, 0.2) is 237 Å². The molecule has 0 N–H and O–H groups in total. The molecule has 1 aliphatic rings. The van der Waals surface area contributed by atoms with Crippen LogP contribution in [-0.2, 0) is 10.8 Å². The fourth-order valence-electron chi connectivity index (χ4n) is 9.97. The minimum atomic E-state index is -0.571. The van der Waals surface area contributed by atoms with E-state index in [9.17, 15) is 5.48 Å². The van der Waals surface area contributed by atoms with Crippen molar-refractivity contribution in [2.75, 3.05) is 9.80 Å². The molecule has 12 rings (SSSR count). The zero-order valence-electron chi connectivity index (χ0n) is 51.4. The van der Waals surface area contributed by atoms with Crippen LogP contribution in [0.5, 0.6) is 0 Å². The number of pyridine rings is 2. The molecule has 1 aliphatic heterocycles. The van der Waals surface area contributed by atoms with Crippen LogP contribution in [0.3, 0.4) is 0 Å². The molecule has 0 bridgehead atoms. The fourth-order valence-corrected chi connectivity index (χ4v) is 9.97. The van der Waals surface area contributed by atoms with E-state index < -0.39 is 65.8 Å². The summed E-state index contributed by atoms with van der Waals surface area (Å²) in [4.78, 5) is 14.6. The van der Waals surface area contributed by atoms with Gasteiger partial charge in [0.1, 0.15) is 23.4 Å². The zero-order valence-corrected chi connectivity index (χ0v) is 41.4. The fraction of sp³-hybridized carbons (Fsp3) is 0.119. The van der Waals surface area contributed by atoms with Gasteiger partial charge in [0.15, 0.2) is 5.52 Å². The second-order valence-electron chi connectivity index (χ2n) is 20.3. The smallest absolute Gasteiger partial charge is 0.307 e. The lowest BCUT2D eigenvalue weighted by molar-refractivity contribution is -0.568. The predicted molar refractivity (Wildman–Crippen MR) is 302 cm³/mol. The summed E-state index contributed by atoms with van der Waals surface area (Å²) in [5.41, 5.74) is 12.3. The first kappa shape index (κ1) is 35.3. The van der Waals surface area contributed by atoms with Gasteiger partial charge in [-0.05, 0) is 111 Å². The van der Waals surface area contributed by atoms with Crippen LogP contribution < -0.4 is 14.4 Å². The van der Waals surface area contributed by atoms with E-state index >= 15 is 0 Å². The van der Waals surface area contributed by atoms with E-state index in [1.165, 1.54) is 0 Å². The highest BCUT2D eigenvalue weighted by molar-refractivity contribution is 6.03. The van der Waals surface area contributed by atoms with Crippen molar-refractivity contribution >= 4 is 45.4 Å².